The van der Waals surface area contributed by atoms with Crippen molar-refractivity contribution in [3.05, 3.63) is 20.6 Å². The first-order valence-electron chi connectivity index (χ1n) is 2.81. The van der Waals surface area contributed by atoms with E-state index in [0.29, 0.717) is 0 Å². The highest BCUT2D eigenvalue weighted by Crippen LogP contribution is 1.85. The van der Waals surface area contributed by atoms with E-state index in [1.807, 2.05) is 0 Å². The van der Waals surface area contributed by atoms with Crippen LogP contribution in [0.3, 0.4) is 0 Å². The van der Waals surface area contributed by atoms with Crippen LogP contribution in [0.15, 0.2) is 5.11 Å². The molecular weight excluding hydrogens is 152 g/mol. The average Bonchev–Trinajstić information content (AvgIpc) is 1.97. The summed E-state index contributed by atoms with van der Waals surface area (Å²) in [6.07, 6.45) is -0.175. The summed E-state index contributed by atoms with van der Waals surface area (Å²) in [6.45, 7) is -0.704. The van der Waals surface area contributed by atoms with Gasteiger partial charge in [-0.2, -0.15) is 0 Å². The number of carbonyl (C=O) groups excluding carboxylic acids is 1. The Morgan fingerprint density at radius 1 is 1.73 bits per heavy atom. The molecular formula is C4H6N4O3. The molecule has 0 spiro atoms. The molecule has 0 rings (SSSR count). The van der Waals surface area contributed by atoms with E-state index in [1.165, 1.54) is 0 Å². The number of nitro groups is 1. The Morgan fingerprint density at radius 2 is 2.36 bits per heavy atom. The van der Waals surface area contributed by atoms with Crippen molar-refractivity contribution >= 4 is 5.78 Å². The number of carbonyl (C=O) groups is 1. The number of ketones is 1. The topological polar surface area (TPSA) is 109 Å². The number of azide groups is 1. The monoisotopic (exact) mass is 158 g/mol. The zero-order chi connectivity index (χ0) is 8.69. The van der Waals surface area contributed by atoms with Gasteiger partial charge in [-0.15, -0.1) is 0 Å². The summed E-state index contributed by atoms with van der Waals surface area (Å²) in [5.41, 5.74) is 7.76. The Bertz CT molecular complexity index is 207. The molecule has 0 saturated carbocycles. The van der Waals surface area contributed by atoms with Crippen LogP contribution in [-0.2, 0) is 4.79 Å². The van der Waals surface area contributed by atoms with Gasteiger partial charge in [0, 0.05) is 9.84 Å². The Balaban J connectivity index is 3.53. The van der Waals surface area contributed by atoms with Gasteiger partial charge in [0.05, 0.1) is 13.0 Å². The predicted octanol–water partition coefficient (Wildman–Crippen LogP) is 0.533. The van der Waals surface area contributed by atoms with Gasteiger partial charge in [0.1, 0.15) is 5.78 Å². The highest BCUT2D eigenvalue weighted by atomic mass is 16.6. The SMILES string of the molecule is [N-]=[N+]=NCC(=O)CC[N+](=O)[O-]. The third-order valence-electron chi connectivity index (χ3n) is 0.884. The third kappa shape index (κ3) is 6.26. The van der Waals surface area contributed by atoms with E-state index in [4.69, 9.17) is 5.53 Å². The van der Waals surface area contributed by atoms with Crippen molar-refractivity contribution in [3.8, 4) is 0 Å². The van der Waals surface area contributed by atoms with Crippen molar-refractivity contribution in [1.82, 2.24) is 0 Å². The maximum Gasteiger partial charge on any atom is 0.210 e. The molecule has 0 aliphatic heterocycles. The number of Topliss-reactive ketones (excluding diaryl/α,β-unsaturated/α-hetero) is 1. The maximum atomic E-state index is 10.5. The van der Waals surface area contributed by atoms with Crippen LogP contribution < -0.4 is 0 Å². The molecule has 0 heterocycles. The lowest BCUT2D eigenvalue weighted by Crippen LogP contribution is -2.09. The van der Waals surface area contributed by atoms with Gasteiger partial charge < -0.3 is 0 Å². The van der Waals surface area contributed by atoms with Crippen LogP contribution in [0.25, 0.3) is 10.4 Å². The predicted molar refractivity (Wildman–Crippen MR) is 35.5 cm³/mol. The fraction of sp³-hybridized carbons (Fsp3) is 0.750. The molecule has 0 aliphatic rings. The minimum Gasteiger partial charge on any atom is -0.299 e. The van der Waals surface area contributed by atoms with Crippen LogP contribution in [0.2, 0.25) is 0 Å². The van der Waals surface area contributed by atoms with Crippen LogP contribution in [0, 0.1) is 10.1 Å². The van der Waals surface area contributed by atoms with Crippen molar-refractivity contribution in [2.24, 2.45) is 5.11 Å². The van der Waals surface area contributed by atoms with E-state index < -0.39 is 17.3 Å². The summed E-state index contributed by atoms with van der Waals surface area (Å²) < 4.78 is 0. The van der Waals surface area contributed by atoms with Gasteiger partial charge in [0.25, 0.3) is 0 Å². The first-order valence-corrected chi connectivity index (χ1v) is 2.81. The summed E-state index contributed by atoms with van der Waals surface area (Å²) >= 11 is 0. The Labute approximate surface area is 61.8 Å². The first-order chi connectivity index (χ1) is 5.16. The van der Waals surface area contributed by atoms with Gasteiger partial charge in [-0.25, -0.2) is 0 Å². The molecule has 0 aliphatic carbocycles. The zero-order valence-electron chi connectivity index (χ0n) is 5.63. The second kappa shape index (κ2) is 5.19. The highest BCUT2D eigenvalue weighted by Gasteiger charge is 2.04. The molecule has 7 heteroatoms. The average molecular weight is 158 g/mol. The van der Waals surface area contributed by atoms with Crippen molar-refractivity contribution in [2.75, 3.05) is 13.1 Å². The minimum atomic E-state index is -0.589. The summed E-state index contributed by atoms with van der Waals surface area (Å²) in [7, 11) is 0. The molecule has 0 fully saturated rings. The summed E-state index contributed by atoms with van der Waals surface area (Å²) in [5.74, 6) is -0.417. The van der Waals surface area contributed by atoms with Gasteiger partial charge in [-0.1, -0.05) is 5.11 Å². The molecule has 0 aromatic heterocycles. The molecule has 0 radical (unpaired) electrons. The lowest BCUT2D eigenvalue weighted by Gasteiger charge is -1.89. The third-order valence-corrected chi connectivity index (χ3v) is 0.884. The van der Waals surface area contributed by atoms with Crippen molar-refractivity contribution in [3.63, 3.8) is 0 Å². The number of hydrogen-bond acceptors (Lipinski definition) is 4. The van der Waals surface area contributed by atoms with E-state index in [9.17, 15) is 14.9 Å². The van der Waals surface area contributed by atoms with Crippen molar-refractivity contribution < 1.29 is 9.72 Å². The molecule has 0 amide bonds. The molecule has 11 heavy (non-hydrogen) atoms. The quantitative estimate of drug-likeness (QED) is 0.191. The summed E-state index contributed by atoms with van der Waals surface area (Å²) in [4.78, 5) is 22.0. The van der Waals surface area contributed by atoms with E-state index in [1.54, 1.807) is 0 Å². The van der Waals surface area contributed by atoms with Crippen LogP contribution >= 0.6 is 0 Å². The van der Waals surface area contributed by atoms with Crippen LogP contribution in [0.1, 0.15) is 6.42 Å². The van der Waals surface area contributed by atoms with Gasteiger partial charge in [-0.05, 0) is 5.53 Å². The Kier molecular flexibility index (Phi) is 4.42. The number of hydrogen-bond donors (Lipinski definition) is 0. The summed E-state index contributed by atoms with van der Waals surface area (Å²) in [5, 5.41) is 12.7. The molecule has 0 unspecified atom stereocenters. The summed E-state index contributed by atoms with van der Waals surface area (Å²) in [6, 6.07) is 0. The molecule has 7 nitrogen and oxygen atoms in total. The standard InChI is InChI=1S/C4H6N4O3/c5-7-6-3-4(9)1-2-8(10)11/h1-3H2. The van der Waals surface area contributed by atoms with Gasteiger partial charge in [0.2, 0.25) is 6.54 Å². The largest absolute Gasteiger partial charge is 0.299 e. The molecule has 0 atom stereocenters. The van der Waals surface area contributed by atoms with E-state index in [0.717, 1.165) is 0 Å². The van der Waals surface area contributed by atoms with Crippen molar-refractivity contribution in [2.45, 2.75) is 6.42 Å². The van der Waals surface area contributed by atoms with Crippen LogP contribution in [0.5, 0.6) is 0 Å². The fourth-order valence-electron chi connectivity index (χ4n) is 0.406. The second-order valence-electron chi connectivity index (χ2n) is 1.73. The molecule has 0 aromatic rings. The smallest absolute Gasteiger partial charge is 0.210 e. The van der Waals surface area contributed by atoms with Crippen molar-refractivity contribution in [1.29, 1.82) is 0 Å². The normalized spacial score (nSPS) is 8.36. The second-order valence-corrected chi connectivity index (χ2v) is 1.73. The number of rotatable bonds is 5. The Hall–Kier alpha value is -1.62. The molecule has 0 aromatic carbocycles. The lowest BCUT2D eigenvalue weighted by atomic mass is 10.3. The van der Waals surface area contributed by atoms with E-state index in [-0.39, 0.29) is 13.0 Å². The minimum absolute atomic E-state index is 0.175. The lowest BCUT2D eigenvalue weighted by molar-refractivity contribution is -0.478. The Morgan fingerprint density at radius 3 is 2.82 bits per heavy atom. The van der Waals surface area contributed by atoms with Gasteiger partial charge in [-0.3, -0.25) is 14.9 Å². The van der Waals surface area contributed by atoms with Crippen LogP contribution in [-0.4, -0.2) is 23.8 Å². The molecule has 0 bridgehead atoms. The maximum absolute atomic E-state index is 10.5. The highest BCUT2D eigenvalue weighted by molar-refractivity contribution is 5.80. The fourth-order valence-corrected chi connectivity index (χ4v) is 0.406. The number of nitrogens with zero attached hydrogens (tertiary/aromatic N) is 4. The molecule has 0 saturated heterocycles. The first kappa shape index (κ1) is 9.38. The van der Waals surface area contributed by atoms with Crippen LogP contribution in [0.4, 0.5) is 0 Å². The van der Waals surface area contributed by atoms with E-state index >= 15 is 0 Å². The van der Waals surface area contributed by atoms with Gasteiger partial charge >= 0.3 is 0 Å². The van der Waals surface area contributed by atoms with E-state index in [2.05, 4.69) is 10.0 Å². The van der Waals surface area contributed by atoms with Gasteiger partial charge in [0.15, 0.2) is 0 Å². The zero-order valence-corrected chi connectivity index (χ0v) is 5.63. The molecule has 0 N–H and O–H groups in total. The molecule has 60 valence electrons.